The van der Waals surface area contributed by atoms with Crippen molar-refractivity contribution in [3.05, 3.63) is 48.2 Å². The maximum absolute atomic E-state index is 11.3. The zero-order valence-corrected chi connectivity index (χ0v) is 12.3. The Hall–Kier alpha value is -1.59. The molecule has 0 fully saturated rings. The summed E-state index contributed by atoms with van der Waals surface area (Å²) in [6, 6.07) is 13.7. The summed E-state index contributed by atoms with van der Waals surface area (Å²) >= 11 is 0. The van der Waals surface area contributed by atoms with E-state index in [9.17, 15) is 8.42 Å². The predicted molar refractivity (Wildman–Crippen MR) is 80.2 cm³/mol. The highest BCUT2D eigenvalue weighted by atomic mass is 32.2. The summed E-state index contributed by atoms with van der Waals surface area (Å²) in [4.78, 5) is 0. The van der Waals surface area contributed by atoms with Crippen molar-refractivity contribution in [3.63, 3.8) is 0 Å². The Bertz CT molecular complexity index is 632. The van der Waals surface area contributed by atoms with E-state index in [1.165, 1.54) is 0 Å². The summed E-state index contributed by atoms with van der Waals surface area (Å²) in [5.41, 5.74) is 1.03. The second kappa shape index (κ2) is 6.72. The van der Waals surface area contributed by atoms with Crippen molar-refractivity contribution in [1.29, 1.82) is 0 Å². The van der Waals surface area contributed by atoms with Gasteiger partial charge in [0.15, 0.2) is 9.84 Å². The number of sulfone groups is 1. The molecule has 0 aliphatic heterocycles. The van der Waals surface area contributed by atoms with E-state index in [0.717, 1.165) is 17.1 Å². The van der Waals surface area contributed by atoms with Crippen molar-refractivity contribution < 1.29 is 12.8 Å². The highest BCUT2D eigenvalue weighted by Gasteiger charge is 2.07. The van der Waals surface area contributed by atoms with Gasteiger partial charge in [0.2, 0.25) is 0 Å². The molecule has 0 unspecified atom stereocenters. The Morgan fingerprint density at radius 2 is 1.85 bits per heavy atom. The first-order valence-electron chi connectivity index (χ1n) is 6.66. The van der Waals surface area contributed by atoms with Gasteiger partial charge >= 0.3 is 0 Å². The lowest BCUT2D eigenvalue weighted by atomic mass is 10.2. The molecule has 0 saturated heterocycles. The van der Waals surface area contributed by atoms with Crippen LogP contribution >= 0.6 is 0 Å². The van der Waals surface area contributed by atoms with Gasteiger partial charge in [0, 0.05) is 17.9 Å². The van der Waals surface area contributed by atoms with Crippen LogP contribution in [0.2, 0.25) is 0 Å². The minimum Gasteiger partial charge on any atom is -0.460 e. The molecule has 2 aromatic rings. The maximum Gasteiger partial charge on any atom is 0.151 e. The highest BCUT2D eigenvalue weighted by Crippen LogP contribution is 2.21. The van der Waals surface area contributed by atoms with E-state index >= 15 is 0 Å². The molecular weight excluding hydrogens is 274 g/mol. The van der Waals surface area contributed by atoms with Crippen molar-refractivity contribution in [3.8, 4) is 11.3 Å². The highest BCUT2D eigenvalue weighted by molar-refractivity contribution is 7.91. The van der Waals surface area contributed by atoms with Crippen molar-refractivity contribution in [2.45, 2.75) is 13.5 Å². The van der Waals surface area contributed by atoms with Crippen molar-refractivity contribution >= 4 is 9.84 Å². The third kappa shape index (κ3) is 4.21. The largest absolute Gasteiger partial charge is 0.460 e. The molecular formula is C15H19NO3S. The monoisotopic (exact) mass is 293 g/mol. The van der Waals surface area contributed by atoms with Crippen molar-refractivity contribution in [1.82, 2.24) is 5.32 Å². The summed E-state index contributed by atoms with van der Waals surface area (Å²) < 4.78 is 28.4. The molecule has 0 aliphatic carbocycles. The van der Waals surface area contributed by atoms with Gasteiger partial charge in [-0.1, -0.05) is 37.3 Å². The summed E-state index contributed by atoms with van der Waals surface area (Å²) in [5.74, 6) is 1.98. The zero-order chi connectivity index (χ0) is 14.4. The van der Waals surface area contributed by atoms with Crippen LogP contribution in [0.15, 0.2) is 46.9 Å². The summed E-state index contributed by atoms with van der Waals surface area (Å²) in [7, 11) is -2.90. The molecule has 1 N–H and O–H groups in total. The number of benzene rings is 1. The zero-order valence-electron chi connectivity index (χ0n) is 11.5. The van der Waals surface area contributed by atoms with Gasteiger partial charge in [-0.05, 0) is 12.1 Å². The standard InChI is InChI=1S/C15H19NO3S/c1-2-20(17,18)11-10-16-12-14-8-9-15(19-14)13-6-4-3-5-7-13/h3-9,16H,2,10-12H2,1H3. The van der Waals surface area contributed by atoms with Crippen LogP contribution in [-0.2, 0) is 16.4 Å². The van der Waals surface area contributed by atoms with Crippen LogP contribution in [-0.4, -0.2) is 26.5 Å². The van der Waals surface area contributed by atoms with Gasteiger partial charge in [0.05, 0.1) is 12.3 Å². The first kappa shape index (κ1) is 14.8. The van der Waals surface area contributed by atoms with Gasteiger partial charge in [0.1, 0.15) is 11.5 Å². The third-order valence-corrected chi connectivity index (χ3v) is 4.75. The number of hydrogen-bond donors (Lipinski definition) is 1. The average Bonchev–Trinajstić information content (AvgIpc) is 2.93. The third-order valence-electron chi connectivity index (χ3n) is 3.05. The molecule has 108 valence electrons. The lowest BCUT2D eigenvalue weighted by molar-refractivity contribution is 0.497. The predicted octanol–water partition coefficient (Wildman–Crippen LogP) is 2.47. The van der Waals surface area contributed by atoms with E-state index < -0.39 is 9.84 Å². The second-order valence-electron chi connectivity index (χ2n) is 4.55. The number of rotatable bonds is 7. The molecule has 0 saturated carbocycles. The van der Waals surface area contributed by atoms with E-state index in [1.54, 1.807) is 6.92 Å². The van der Waals surface area contributed by atoms with E-state index in [2.05, 4.69) is 5.32 Å². The van der Waals surface area contributed by atoms with Gasteiger partial charge < -0.3 is 9.73 Å². The lowest BCUT2D eigenvalue weighted by Gasteiger charge is -2.03. The summed E-state index contributed by atoms with van der Waals surface area (Å²) in [6.45, 7) is 2.64. The van der Waals surface area contributed by atoms with Crippen LogP contribution in [0.4, 0.5) is 0 Å². The molecule has 0 aliphatic rings. The first-order chi connectivity index (χ1) is 9.61. The van der Waals surface area contributed by atoms with Crippen LogP contribution in [0.5, 0.6) is 0 Å². The van der Waals surface area contributed by atoms with Crippen LogP contribution in [0.3, 0.4) is 0 Å². The molecule has 0 spiro atoms. The van der Waals surface area contributed by atoms with Gasteiger partial charge in [-0.25, -0.2) is 8.42 Å². The smallest absolute Gasteiger partial charge is 0.151 e. The molecule has 4 nitrogen and oxygen atoms in total. The Balaban J connectivity index is 1.85. The fourth-order valence-corrected chi connectivity index (χ4v) is 2.56. The number of nitrogens with one attached hydrogen (secondary N) is 1. The number of furan rings is 1. The molecule has 20 heavy (non-hydrogen) atoms. The summed E-state index contributed by atoms with van der Waals surface area (Å²) in [5, 5.41) is 3.08. The Morgan fingerprint density at radius 1 is 1.10 bits per heavy atom. The molecule has 2 rings (SSSR count). The first-order valence-corrected chi connectivity index (χ1v) is 8.48. The molecule has 1 aromatic heterocycles. The van der Waals surface area contributed by atoms with Crippen LogP contribution < -0.4 is 5.32 Å². The molecule has 0 bridgehead atoms. The Morgan fingerprint density at radius 3 is 2.55 bits per heavy atom. The minimum absolute atomic E-state index is 0.162. The van der Waals surface area contributed by atoms with Crippen LogP contribution in [0.1, 0.15) is 12.7 Å². The normalized spacial score (nSPS) is 11.7. The Kier molecular flexibility index (Phi) is 4.98. The van der Waals surface area contributed by atoms with Gasteiger partial charge in [0.25, 0.3) is 0 Å². The van der Waals surface area contributed by atoms with E-state index in [1.807, 2.05) is 42.5 Å². The minimum atomic E-state index is -2.90. The van der Waals surface area contributed by atoms with Crippen LogP contribution in [0, 0.1) is 0 Å². The molecule has 1 aromatic carbocycles. The molecule has 0 radical (unpaired) electrons. The van der Waals surface area contributed by atoms with Gasteiger partial charge in [-0.3, -0.25) is 0 Å². The van der Waals surface area contributed by atoms with Gasteiger partial charge in [-0.2, -0.15) is 0 Å². The SMILES string of the molecule is CCS(=O)(=O)CCNCc1ccc(-c2ccccc2)o1. The van der Waals surface area contributed by atoms with E-state index in [-0.39, 0.29) is 11.5 Å². The van der Waals surface area contributed by atoms with Gasteiger partial charge in [-0.15, -0.1) is 0 Å². The average molecular weight is 293 g/mol. The second-order valence-corrected chi connectivity index (χ2v) is 7.02. The topological polar surface area (TPSA) is 59.3 Å². The van der Waals surface area contributed by atoms with E-state index in [0.29, 0.717) is 13.1 Å². The quantitative estimate of drug-likeness (QED) is 0.797. The molecule has 0 amide bonds. The van der Waals surface area contributed by atoms with Crippen molar-refractivity contribution in [2.75, 3.05) is 18.1 Å². The van der Waals surface area contributed by atoms with E-state index in [4.69, 9.17) is 4.42 Å². The fraction of sp³-hybridized carbons (Fsp3) is 0.333. The lowest BCUT2D eigenvalue weighted by Crippen LogP contribution is -2.23. The molecule has 5 heteroatoms. The number of hydrogen-bond acceptors (Lipinski definition) is 4. The fourth-order valence-electron chi connectivity index (χ4n) is 1.81. The Labute approximate surface area is 119 Å². The van der Waals surface area contributed by atoms with Crippen LogP contribution in [0.25, 0.3) is 11.3 Å². The van der Waals surface area contributed by atoms with Crippen molar-refractivity contribution in [2.24, 2.45) is 0 Å². The molecule has 0 atom stereocenters. The summed E-state index contributed by atoms with van der Waals surface area (Å²) in [6.07, 6.45) is 0. The molecule has 1 heterocycles. The maximum atomic E-state index is 11.3.